The Morgan fingerprint density at radius 2 is 2.25 bits per heavy atom. The van der Waals surface area contributed by atoms with Crippen LogP contribution in [0.25, 0.3) is 0 Å². The standard InChI is InChI=1S/C10H14O2/c1-3-4-9(11)7-10-6-5-8(2)12-10/h5-6H,3-4,7H2,1-2H3. The molecule has 1 heterocycles. The SMILES string of the molecule is CCCC(=O)Cc1ccc(C)o1. The molecule has 0 aliphatic rings. The molecule has 0 aliphatic carbocycles. The molecule has 1 rings (SSSR count). The van der Waals surface area contributed by atoms with E-state index in [4.69, 9.17) is 4.42 Å². The van der Waals surface area contributed by atoms with Crippen molar-refractivity contribution in [1.29, 1.82) is 0 Å². The van der Waals surface area contributed by atoms with E-state index in [1.165, 1.54) is 0 Å². The van der Waals surface area contributed by atoms with Crippen molar-refractivity contribution in [3.05, 3.63) is 23.7 Å². The lowest BCUT2D eigenvalue weighted by Crippen LogP contribution is -2.00. The summed E-state index contributed by atoms with van der Waals surface area (Å²) in [5.41, 5.74) is 0. The molecular formula is C10H14O2. The highest BCUT2D eigenvalue weighted by molar-refractivity contribution is 5.80. The van der Waals surface area contributed by atoms with E-state index in [1.54, 1.807) is 0 Å². The highest BCUT2D eigenvalue weighted by Gasteiger charge is 2.04. The largest absolute Gasteiger partial charge is 0.466 e. The zero-order valence-electron chi connectivity index (χ0n) is 7.59. The van der Waals surface area contributed by atoms with Crippen LogP contribution in [-0.2, 0) is 11.2 Å². The van der Waals surface area contributed by atoms with Crippen molar-refractivity contribution in [2.45, 2.75) is 33.1 Å². The highest BCUT2D eigenvalue weighted by atomic mass is 16.3. The summed E-state index contributed by atoms with van der Waals surface area (Å²) in [7, 11) is 0. The van der Waals surface area contributed by atoms with Gasteiger partial charge in [-0.3, -0.25) is 4.79 Å². The van der Waals surface area contributed by atoms with Gasteiger partial charge in [-0.2, -0.15) is 0 Å². The molecule has 12 heavy (non-hydrogen) atoms. The van der Waals surface area contributed by atoms with Gasteiger partial charge in [0, 0.05) is 6.42 Å². The quantitative estimate of drug-likeness (QED) is 0.688. The summed E-state index contributed by atoms with van der Waals surface area (Å²) in [5.74, 6) is 1.91. The maximum atomic E-state index is 11.2. The Bertz CT molecular complexity index is 261. The first-order valence-corrected chi connectivity index (χ1v) is 4.29. The molecule has 0 saturated carbocycles. The molecule has 0 atom stereocenters. The maximum Gasteiger partial charge on any atom is 0.140 e. The minimum Gasteiger partial charge on any atom is -0.466 e. The van der Waals surface area contributed by atoms with E-state index in [0.717, 1.165) is 17.9 Å². The van der Waals surface area contributed by atoms with Crippen LogP contribution in [0, 0.1) is 6.92 Å². The zero-order chi connectivity index (χ0) is 8.97. The molecule has 0 fully saturated rings. The Labute approximate surface area is 72.6 Å². The highest BCUT2D eigenvalue weighted by Crippen LogP contribution is 2.08. The first-order chi connectivity index (χ1) is 5.72. The number of carbonyl (C=O) groups excluding carboxylic acids is 1. The van der Waals surface area contributed by atoms with Gasteiger partial charge in [-0.25, -0.2) is 0 Å². The Hall–Kier alpha value is -1.05. The van der Waals surface area contributed by atoms with Crippen LogP contribution in [0.2, 0.25) is 0 Å². The molecule has 0 aromatic carbocycles. The van der Waals surface area contributed by atoms with Crippen LogP contribution in [0.5, 0.6) is 0 Å². The van der Waals surface area contributed by atoms with Crippen LogP contribution < -0.4 is 0 Å². The summed E-state index contributed by atoms with van der Waals surface area (Å²) in [4.78, 5) is 11.2. The zero-order valence-corrected chi connectivity index (χ0v) is 7.59. The summed E-state index contributed by atoms with van der Waals surface area (Å²) < 4.78 is 5.28. The fourth-order valence-corrected chi connectivity index (χ4v) is 1.14. The van der Waals surface area contributed by atoms with Gasteiger partial charge in [0.05, 0.1) is 6.42 Å². The predicted octanol–water partition coefficient (Wildman–Crippen LogP) is 2.50. The van der Waals surface area contributed by atoms with Crippen molar-refractivity contribution in [3.63, 3.8) is 0 Å². The number of Topliss-reactive ketones (excluding diaryl/α,β-unsaturated/α-hetero) is 1. The average Bonchev–Trinajstić information content (AvgIpc) is 2.36. The Kier molecular flexibility index (Phi) is 3.09. The van der Waals surface area contributed by atoms with Crippen LogP contribution in [0.1, 0.15) is 31.3 Å². The molecule has 0 aliphatic heterocycles. The van der Waals surface area contributed by atoms with Gasteiger partial charge >= 0.3 is 0 Å². The number of aryl methyl sites for hydroxylation is 1. The van der Waals surface area contributed by atoms with Gasteiger partial charge in [0.2, 0.25) is 0 Å². The van der Waals surface area contributed by atoms with Gasteiger partial charge < -0.3 is 4.42 Å². The third-order valence-electron chi connectivity index (χ3n) is 1.70. The minimum atomic E-state index is 0.256. The topological polar surface area (TPSA) is 30.2 Å². The molecule has 1 aromatic rings. The van der Waals surface area contributed by atoms with Gasteiger partial charge in [0.1, 0.15) is 17.3 Å². The minimum absolute atomic E-state index is 0.256. The third-order valence-corrected chi connectivity index (χ3v) is 1.70. The Morgan fingerprint density at radius 1 is 1.50 bits per heavy atom. The summed E-state index contributed by atoms with van der Waals surface area (Å²) in [6.07, 6.45) is 2.01. The number of hydrogen-bond acceptors (Lipinski definition) is 2. The van der Waals surface area contributed by atoms with Gasteiger partial charge in [-0.15, -0.1) is 0 Å². The van der Waals surface area contributed by atoms with Crippen LogP contribution in [-0.4, -0.2) is 5.78 Å². The number of rotatable bonds is 4. The molecule has 2 nitrogen and oxygen atoms in total. The third kappa shape index (κ3) is 2.53. The van der Waals surface area contributed by atoms with Crippen LogP contribution in [0.4, 0.5) is 0 Å². The van der Waals surface area contributed by atoms with E-state index >= 15 is 0 Å². The molecule has 2 heteroatoms. The second-order valence-electron chi connectivity index (χ2n) is 2.98. The van der Waals surface area contributed by atoms with E-state index in [9.17, 15) is 4.79 Å². The smallest absolute Gasteiger partial charge is 0.140 e. The molecular weight excluding hydrogens is 152 g/mol. The molecule has 66 valence electrons. The van der Waals surface area contributed by atoms with Crippen molar-refractivity contribution < 1.29 is 9.21 Å². The number of hydrogen-bond donors (Lipinski definition) is 0. The van der Waals surface area contributed by atoms with E-state index in [-0.39, 0.29) is 5.78 Å². The van der Waals surface area contributed by atoms with E-state index < -0.39 is 0 Å². The lowest BCUT2D eigenvalue weighted by atomic mass is 10.1. The average molecular weight is 166 g/mol. The first kappa shape index (κ1) is 9.04. The maximum absolute atomic E-state index is 11.2. The second kappa shape index (κ2) is 4.10. The molecule has 0 spiro atoms. The van der Waals surface area contributed by atoms with Gasteiger partial charge in [-0.1, -0.05) is 6.92 Å². The molecule has 0 saturated heterocycles. The first-order valence-electron chi connectivity index (χ1n) is 4.29. The second-order valence-corrected chi connectivity index (χ2v) is 2.98. The van der Waals surface area contributed by atoms with E-state index in [0.29, 0.717) is 12.8 Å². The summed E-state index contributed by atoms with van der Waals surface area (Å²) >= 11 is 0. The molecule has 0 radical (unpaired) electrons. The summed E-state index contributed by atoms with van der Waals surface area (Å²) in [6, 6.07) is 3.75. The number of carbonyl (C=O) groups is 1. The number of furan rings is 1. The van der Waals surface area contributed by atoms with Crippen molar-refractivity contribution in [2.24, 2.45) is 0 Å². The summed E-state index contributed by atoms with van der Waals surface area (Å²) in [6.45, 7) is 3.89. The van der Waals surface area contributed by atoms with E-state index in [1.807, 2.05) is 26.0 Å². The molecule has 0 unspecified atom stereocenters. The van der Waals surface area contributed by atoms with Crippen molar-refractivity contribution in [1.82, 2.24) is 0 Å². The van der Waals surface area contributed by atoms with Crippen LogP contribution >= 0.6 is 0 Å². The lowest BCUT2D eigenvalue weighted by Gasteiger charge is -1.94. The number of ketones is 1. The Balaban J connectivity index is 2.46. The molecule has 0 bridgehead atoms. The van der Waals surface area contributed by atoms with Gasteiger partial charge in [-0.05, 0) is 25.5 Å². The normalized spacial score (nSPS) is 10.2. The molecule has 1 aromatic heterocycles. The molecule has 0 amide bonds. The fraction of sp³-hybridized carbons (Fsp3) is 0.500. The lowest BCUT2D eigenvalue weighted by molar-refractivity contribution is -0.118. The van der Waals surface area contributed by atoms with Crippen LogP contribution in [0.3, 0.4) is 0 Å². The van der Waals surface area contributed by atoms with E-state index in [2.05, 4.69) is 0 Å². The van der Waals surface area contributed by atoms with Crippen LogP contribution in [0.15, 0.2) is 16.5 Å². The van der Waals surface area contributed by atoms with Gasteiger partial charge in [0.25, 0.3) is 0 Å². The van der Waals surface area contributed by atoms with Crippen molar-refractivity contribution in [2.75, 3.05) is 0 Å². The van der Waals surface area contributed by atoms with Crippen molar-refractivity contribution >= 4 is 5.78 Å². The summed E-state index contributed by atoms with van der Waals surface area (Å²) in [5, 5.41) is 0. The van der Waals surface area contributed by atoms with Crippen molar-refractivity contribution in [3.8, 4) is 0 Å². The Morgan fingerprint density at radius 3 is 2.75 bits per heavy atom. The molecule has 0 N–H and O–H groups in total. The monoisotopic (exact) mass is 166 g/mol. The predicted molar refractivity (Wildman–Crippen MR) is 47.1 cm³/mol. The fourth-order valence-electron chi connectivity index (χ4n) is 1.14. The van der Waals surface area contributed by atoms with Gasteiger partial charge in [0.15, 0.2) is 0 Å².